The first-order chi connectivity index (χ1) is 7.63. The standard InChI is InChI=1S/C13H19N.C2H6/c1-5-12(3)14(4)10-13-8-6-11(2)7-9-13;1-2/h6-9H,3,5,10H2,1-2,4H3;1-2H3. The van der Waals surface area contributed by atoms with E-state index in [1.54, 1.807) is 0 Å². The molecule has 0 bridgehead atoms. The van der Waals surface area contributed by atoms with Gasteiger partial charge in [-0.1, -0.05) is 57.2 Å². The van der Waals surface area contributed by atoms with Crippen LogP contribution >= 0.6 is 0 Å². The van der Waals surface area contributed by atoms with Gasteiger partial charge in [0.15, 0.2) is 0 Å². The third-order valence-corrected chi connectivity index (χ3v) is 2.49. The van der Waals surface area contributed by atoms with Crippen LogP contribution in [0.1, 0.15) is 38.3 Å². The Labute approximate surface area is 101 Å². The fraction of sp³-hybridized carbons (Fsp3) is 0.467. The Bertz CT molecular complexity index is 298. The van der Waals surface area contributed by atoms with Crippen LogP contribution < -0.4 is 0 Å². The van der Waals surface area contributed by atoms with Crippen LogP contribution in [-0.4, -0.2) is 11.9 Å². The lowest BCUT2D eigenvalue weighted by Gasteiger charge is -2.20. The minimum Gasteiger partial charge on any atom is -0.374 e. The number of rotatable bonds is 4. The SMILES string of the molecule is C=C(CC)N(C)Cc1ccc(C)cc1.CC. The van der Waals surface area contributed by atoms with E-state index in [4.69, 9.17) is 0 Å². The van der Waals surface area contributed by atoms with Gasteiger partial charge in [-0.15, -0.1) is 0 Å². The van der Waals surface area contributed by atoms with Crippen LogP contribution in [-0.2, 0) is 6.54 Å². The number of hydrogen-bond acceptors (Lipinski definition) is 1. The van der Waals surface area contributed by atoms with Gasteiger partial charge < -0.3 is 4.90 Å². The molecule has 0 aromatic heterocycles. The van der Waals surface area contributed by atoms with Gasteiger partial charge in [-0.25, -0.2) is 0 Å². The quantitative estimate of drug-likeness (QED) is 0.726. The van der Waals surface area contributed by atoms with E-state index in [0.717, 1.165) is 13.0 Å². The summed E-state index contributed by atoms with van der Waals surface area (Å²) in [7, 11) is 2.09. The molecule has 0 N–H and O–H groups in total. The zero-order chi connectivity index (χ0) is 12.6. The molecule has 0 spiro atoms. The summed E-state index contributed by atoms with van der Waals surface area (Å²) >= 11 is 0. The molecular formula is C15H25N. The van der Waals surface area contributed by atoms with Gasteiger partial charge in [0.25, 0.3) is 0 Å². The Morgan fingerprint density at radius 2 is 1.69 bits per heavy atom. The molecular weight excluding hydrogens is 194 g/mol. The predicted octanol–water partition coefficient (Wildman–Crippen LogP) is 4.38. The summed E-state index contributed by atoms with van der Waals surface area (Å²) in [4.78, 5) is 2.20. The smallest absolute Gasteiger partial charge is 0.0423 e. The zero-order valence-electron chi connectivity index (χ0n) is 11.4. The van der Waals surface area contributed by atoms with Gasteiger partial charge in [-0.2, -0.15) is 0 Å². The van der Waals surface area contributed by atoms with E-state index < -0.39 is 0 Å². The topological polar surface area (TPSA) is 3.24 Å². The summed E-state index contributed by atoms with van der Waals surface area (Å²) in [6, 6.07) is 8.65. The molecule has 0 fully saturated rings. The fourth-order valence-electron chi connectivity index (χ4n) is 1.35. The van der Waals surface area contributed by atoms with Crippen molar-refractivity contribution in [2.45, 2.75) is 40.7 Å². The van der Waals surface area contributed by atoms with Gasteiger partial charge >= 0.3 is 0 Å². The molecule has 0 saturated heterocycles. The predicted molar refractivity (Wildman–Crippen MR) is 73.4 cm³/mol. The van der Waals surface area contributed by atoms with Gasteiger partial charge in [0, 0.05) is 19.3 Å². The lowest BCUT2D eigenvalue weighted by molar-refractivity contribution is 0.401. The summed E-state index contributed by atoms with van der Waals surface area (Å²) in [5, 5.41) is 0. The number of nitrogens with zero attached hydrogens (tertiary/aromatic N) is 1. The number of hydrogen-bond donors (Lipinski definition) is 0. The largest absolute Gasteiger partial charge is 0.374 e. The Morgan fingerprint density at radius 3 is 2.12 bits per heavy atom. The van der Waals surface area contributed by atoms with Gasteiger partial charge in [-0.3, -0.25) is 0 Å². The van der Waals surface area contributed by atoms with Crippen molar-refractivity contribution in [1.82, 2.24) is 4.90 Å². The second-order valence-corrected chi connectivity index (χ2v) is 3.76. The van der Waals surface area contributed by atoms with Crippen molar-refractivity contribution >= 4 is 0 Å². The van der Waals surface area contributed by atoms with E-state index in [-0.39, 0.29) is 0 Å². The molecule has 1 nitrogen and oxygen atoms in total. The van der Waals surface area contributed by atoms with Crippen LogP contribution in [0.5, 0.6) is 0 Å². The maximum absolute atomic E-state index is 4.01. The minimum atomic E-state index is 0.951. The molecule has 0 atom stereocenters. The molecule has 0 unspecified atom stereocenters. The molecule has 90 valence electrons. The summed E-state index contributed by atoms with van der Waals surface area (Å²) < 4.78 is 0. The maximum Gasteiger partial charge on any atom is 0.0423 e. The minimum absolute atomic E-state index is 0.951. The highest BCUT2D eigenvalue weighted by atomic mass is 15.1. The van der Waals surface area contributed by atoms with E-state index in [1.165, 1.54) is 16.8 Å². The van der Waals surface area contributed by atoms with E-state index >= 15 is 0 Å². The maximum atomic E-state index is 4.01. The van der Waals surface area contributed by atoms with Crippen molar-refractivity contribution in [3.63, 3.8) is 0 Å². The lowest BCUT2D eigenvalue weighted by Crippen LogP contribution is -2.15. The van der Waals surface area contributed by atoms with Crippen LogP contribution in [0.25, 0.3) is 0 Å². The molecule has 1 heteroatoms. The fourth-order valence-corrected chi connectivity index (χ4v) is 1.35. The number of aryl methyl sites for hydroxylation is 1. The normalized spacial score (nSPS) is 9.06. The van der Waals surface area contributed by atoms with Crippen molar-refractivity contribution in [1.29, 1.82) is 0 Å². The van der Waals surface area contributed by atoms with Crippen LogP contribution in [0.3, 0.4) is 0 Å². The number of benzene rings is 1. The summed E-state index contributed by atoms with van der Waals surface area (Å²) in [6.07, 6.45) is 1.02. The van der Waals surface area contributed by atoms with Crippen molar-refractivity contribution in [2.75, 3.05) is 7.05 Å². The first-order valence-corrected chi connectivity index (χ1v) is 6.08. The molecule has 1 rings (SSSR count). The average molecular weight is 219 g/mol. The molecule has 1 aromatic carbocycles. The molecule has 0 amide bonds. The Morgan fingerprint density at radius 1 is 1.19 bits per heavy atom. The molecule has 16 heavy (non-hydrogen) atoms. The summed E-state index contributed by atoms with van der Waals surface area (Å²) in [5.74, 6) is 0. The molecule has 0 heterocycles. The average Bonchev–Trinajstić information content (AvgIpc) is 2.33. The van der Waals surface area contributed by atoms with Crippen molar-refractivity contribution in [3.05, 3.63) is 47.7 Å². The third kappa shape index (κ3) is 5.01. The van der Waals surface area contributed by atoms with Crippen LogP contribution in [0, 0.1) is 6.92 Å². The molecule has 0 saturated carbocycles. The zero-order valence-corrected chi connectivity index (χ0v) is 11.4. The Kier molecular flexibility index (Phi) is 7.36. The van der Waals surface area contributed by atoms with E-state index in [9.17, 15) is 0 Å². The van der Waals surface area contributed by atoms with Crippen molar-refractivity contribution in [3.8, 4) is 0 Å². The van der Waals surface area contributed by atoms with E-state index in [2.05, 4.69) is 56.6 Å². The summed E-state index contributed by atoms with van der Waals surface area (Å²) in [6.45, 7) is 13.2. The van der Waals surface area contributed by atoms with Crippen LogP contribution in [0.2, 0.25) is 0 Å². The van der Waals surface area contributed by atoms with Crippen molar-refractivity contribution in [2.24, 2.45) is 0 Å². The first kappa shape index (κ1) is 14.8. The van der Waals surface area contributed by atoms with Gasteiger partial charge in [0.2, 0.25) is 0 Å². The van der Waals surface area contributed by atoms with Crippen LogP contribution in [0.15, 0.2) is 36.5 Å². The highest BCUT2D eigenvalue weighted by molar-refractivity contribution is 5.21. The van der Waals surface area contributed by atoms with Gasteiger partial charge in [-0.05, 0) is 18.9 Å². The van der Waals surface area contributed by atoms with E-state index in [0.29, 0.717) is 0 Å². The molecule has 0 aliphatic carbocycles. The highest BCUT2D eigenvalue weighted by Crippen LogP contribution is 2.10. The van der Waals surface area contributed by atoms with Gasteiger partial charge in [0.05, 0.1) is 0 Å². The van der Waals surface area contributed by atoms with Gasteiger partial charge in [0.1, 0.15) is 0 Å². The Balaban J connectivity index is 0.00000106. The lowest BCUT2D eigenvalue weighted by atomic mass is 10.1. The molecule has 0 aliphatic heterocycles. The highest BCUT2D eigenvalue weighted by Gasteiger charge is 2.00. The third-order valence-electron chi connectivity index (χ3n) is 2.49. The Hall–Kier alpha value is -1.24. The molecule has 0 aliphatic rings. The number of allylic oxidation sites excluding steroid dienone is 1. The second kappa shape index (κ2) is 7.98. The van der Waals surface area contributed by atoms with Crippen molar-refractivity contribution < 1.29 is 0 Å². The molecule has 1 aromatic rings. The van der Waals surface area contributed by atoms with E-state index in [1.807, 2.05) is 13.8 Å². The summed E-state index contributed by atoms with van der Waals surface area (Å²) in [5.41, 5.74) is 3.84. The van der Waals surface area contributed by atoms with Crippen LogP contribution in [0.4, 0.5) is 0 Å². The molecule has 0 radical (unpaired) electrons. The monoisotopic (exact) mass is 219 g/mol. The first-order valence-electron chi connectivity index (χ1n) is 6.08. The second-order valence-electron chi connectivity index (χ2n) is 3.76.